The Balaban J connectivity index is 2.41. The van der Waals surface area contributed by atoms with E-state index in [1.54, 1.807) is 0 Å². The molecule has 2 atom stereocenters. The summed E-state index contributed by atoms with van der Waals surface area (Å²) in [5.41, 5.74) is 5.50. The molecule has 0 aromatic rings. The number of nitrogens with zero attached hydrogens (tertiary/aromatic N) is 1. The Morgan fingerprint density at radius 1 is 1.36 bits per heavy atom. The van der Waals surface area contributed by atoms with E-state index >= 15 is 0 Å². The number of ether oxygens (including phenoxy) is 1. The molecule has 0 aromatic heterocycles. The normalized spacial score (nSPS) is 34.1. The molecule has 0 aliphatic carbocycles. The molecule has 3 heteroatoms. The molecule has 0 spiro atoms. The molecule has 1 heterocycles. The lowest BCUT2D eigenvalue weighted by Gasteiger charge is -2.38. The standard InChI is InChI=1S/C8H18N2O/c1-7-5-11-6-8(2)10(7)4-3-9/h7-8H,3-6,9H2,1-2H3/t7-,8-/m1/s1. The first-order chi connectivity index (χ1) is 5.25. The molecule has 0 saturated carbocycles. The summed E-state index contributed by atoms with van der Waals surface area (Å²) in [4.78, 5) is 2.41. The third kappa shape index (κ3) is 2.15. The average molecular weight is 158 g/mol. The van der Waals surface area contributed by atoms with Crippen molar-refractivity contribution in [3.63, 3.8) is 0 Å². The second-order valence-electron chi connectivity index (χ2n) is 3.26. The van der Waals surface area contributed by atoms with Crippen LogP contribution in [0.3, 0.4) is 0 Å². The number of hydrogen-bond donors (Lipinski definition) is 1. The molecule has 1 aliphatic heterocycles. The van der Waals surface area contributed by atoms with Crippen LogP contribution in [0.2, 0.25) is 0 Å². The van der Waals surface area contributed by atoms with Gasteiger partial charge in [0.05, 0.1) is 13.2 Å². The van der Waals surface area contributed by atoms with E-state index < -0.39 is 0 Å². The van der Waals surface area contributed by atoms with Crippen LogP contribution in [-0.4, -0.2) is 43.3 Å². The zero-order chi connectivity index (χ0) is 8.27. The summed E-state index contributed by atoms with van der Waals surface area (Å²) in [6, 6.07) is 1.06. The number of rotatable bonds is 2. The van der Waals surface area contributed by atoms with Gasteiger partial charge in [-0.2, -0.15) is 0 Å². The SMILES string of the molecule is C[C@@H]1COC[C@@H](C)N1CCN. The maximum Gasteiger partial charge on any atom is 0.0620 e. The summed E-state index contributed by atoms with van der Waals surface area (Å²) in [7, 11) is 0. The lowest BCUT2D eigenvalue weighted by Crippen LogP contribution is -2.51. The molecule has 1 fully saturated rings. The van der Waals surface area contributed by atoms with Crippen molar-refractivity contribution in [3.8, 4) is 0 Å². The molecule has 2 N–H and O–H groups in total. The maximum atomic E-state index is 5.50. The molecule has 0 aromatic carbocycles. The van der Waals surface area contributed by atoms with Gasteiger partial charge >= 0.3 is 0 Å². The zero-order valence-electron chi connectivity index (χ0n) is 7.42. The molecular formula is C8H18N2O. The van der Waals surface area contributed by atoms with E-state index in [1.165, 1.54) is 0 Å². The number of morpholine rings is 1. The first kappa shape index (κ1) is 8.97. The molecule has 1 rings (SSSR count). The molecule has 11 heavy (non-hydrogen) atoms. The minimum Gasteiger partial charge on any atom is -0.378 e. The Hall–Kier alpha value is -0.120. The van der Waals surface area contributed by atoms with Crippen molar-refractivity contribution in [1.82, 2.24) is 4.90 Å². The van der Waals surface area contributed by atoms with Crippen LogP contribution in [0.1, 0.15) is 13.8 Å². The number of nitrogens with two attached hydrogens (primary N) is 1. The second kappa shape index (κ2) is 4.04. The summed E-state index contributed by atoms with van der Waals surface area (Å²) in [6.45, 7) is 7.81. The van der Waals surface area contributed by atoms with Gasteiger partial charge in [0.1, 0.15) is 0 Å². The van der Waals surface area contributed by atoms with Gasteiger partial charge in [0.2, 0.25) is 0 Å². The minimum atomic E-state index is 0.530. The lowest BCUT2D eigenvalue weighted by molar-refractivity contribution is -0.0348. The lowest BCUT2D eigenvalue weighted by atomic mass is 10.2. The van der Waals surface area contributed by atoms with Crippen molar-refractivity contribution in [1.29, 1.82) is 0 Å². The van der Waals surface area contributed by atoms with Gasteiger partial charge in [0, 0.05) is 25.2 Å². The highest BCUT2D eigenvalue weighted by atomic mass is 16.5. The van der Waals surface area contributed by atoms with Gasteiger partial charge in [-0.15, -0.1) is 0 Å². The zero-order valence-corrected chi connectivity index (χ0v) is 7.42. The third-order valence-corrected chi connectivity index (χ3v) is 2.24. The molecular weight excluding hydrogens is 140 g/mol. The van der Waals surface area contributed by atoms with Crippen molar-refractivity contribution in [2.45, 2.75) is 25.9 Å². The van der Waals surface area contributed by atoms with Crippen molar-refractivity contribution in [2.75, 3.05) is 26.3 Å². The van der Waals surface area contributed by atoms with Gasteiger partial charge in [0.25, 0.3) is 0 Å². The summed E-state index contributed by atoms with van der Waals surface area (Å²) in [5, 5.41) is 0. The van der Waals surface area contributed by atoms with Crippen LogP contribution >= 0.6 is 0 Å². The largest absolute Gasteiger partial charge is 0.378 e. The topological polar surface area (TPSA) is 38.5 Å². The Morgan fingerprint density at radius 3 is 2.36 bits per heavy atom. The summed E-state index contributed by atoms with van der Waals surface area (Å²) >= 11 is 0. The van der Waals surface area contributed by atoms with Crippen molar-refractivity contribution in [3.05, 3.63) is 0 Å². The summed E-state index contributed by atoms with van der Waals surface area (Å²) in [5.74, 6) is 0. The van der Waals surface area contributed by atoms with Crippen LogP contribution in [0.25, 0.3) is 0 Å². The van der Waals surface area contributed by atoms with Crippen LogP contribution < -0.4 is 5.73 Å². The van der Waals surface area contributed by atoms with Crippen molar-refractivity contribution >= 4 is 0 Å². The fourth-order valence-corrected chi connectivity index (χ4v) is 1.62. The van der Waals surface area contributed by atoms with E-state index in [-0.39, 0.29) is 0 Å². The quantitative estimate of drug-likeness (QED) is 0.617. The summed E-state index contributed by atoms with van der Waals surface area (Å²) in [6.07, 6.45) is 0. The van der Waals surface area contributed by atoms with Gasteiger partial charge < -0.3 is 10.5 Å². The highest BCUT2D eigenvalue weighted by Gasteiger charge is 2.23. The van der Waals surface area contributed by atoms with Crippen LogP contribution in [0.5, 0.6) is 0 Å². The Morgan fingerprint density at radius 2 is 1.91 bits per heavy atom. The summed E-state index contributed by atoms with van der Waals surface area (Å²) < 4.78 is 5.39. The van der Waals surface area contributed by atoms with E-state index in [4.69, 9.17) is 10.5 Å². The predicted molar refractivity (Wildman–Crippen MR) is 45.5 cm³/mol. The van der Waals surface area contributed by atoms with Crippen LogP contribution in [0.4, 0.5) is 0 Å². The molecule has 1 aliphatic rings. The monoisotopic (exact) mass is 158 g/mol. The number of hydrogen-bond acceptors (Lipinski definition) is 3. The van der Waals surface area contributed by atoms with Gasteiger partial charge in [-0.1, -0.05) is 0 Å². The van der Waals surface area contributed by atoms with E-state index in [0.717, 1.165) is 26.3 Å². The van der Waals surface area contributed by atoms with Crippen molar-refractivity contribution in [2.24, 2.45) is 5.73 Å². The third-order valence-electron chi connectivity index (χ3n) is 2.24. The highest BCUT2D eigenvalue weighted by Crippen LogP contribution is 2.11. The van der Waals surface area contributed by atoms with E-state index in [2.05, 4.69) is 18.7 Å². The van der Waals surface area contributed by atoms with Gasteiger partial charge in [-0.3, -0.25) is 4.90 Å². The molecule has 0 amide bonds. The molecule has 0 bridgehead atoms. The van der Waals surface area contributed by atoms with Gasteiger partial charge in [0.15, 0.2) is 0 Å². The minimum absolute atomic E-state index is 0.530. The Bertz CT molecular complexity index is 109. The fourth-order valence-electron chi connectivity index (χ4n) is 1.62. The highest BCUT2D eigenvalue weighted by molar-refractivity contribution is 4.77. The van der Waals surface area contributed by atoms with Crippen LogP contribution in [0, 0.1) is 0 Å². The smallest absolute Gasteiger partial charge is 0.0620 e. The molecule has 3 nitrogen and oxygen atoms in total. The fraction of sp³-hybridized carbons (Fsp3) is 1.00. The van der Waals surface area contributed by atoms with Crippen LogP contribution in [-0.2, 0) is 4.74 Å². The van der Waals surface area contributed by atoms with Gasteiger partial charge in [-0.05, 0) is 13.8 Å². The van der Waals surface area contributed by atoms with Crippen molar-refractivity contribution < 1.29 is 4.74 Å². The first-order valence-electron chi connectivity index (χ1n) is 4.29. The van der Waals surface area contributed by atoms with E-state index in [0.29, 0.717) is 12.1 Å². The molecule has 0 radical (unpaired) electrons. The van der Waals surface area contributed by atoms with E-state index in [1.807, 2.05) is 0 Å². The second-order valence-corrected chi connectivity index (χ2v) is 3.26. The Kier molecular flexibility index (Phi) is 3.30. The van der Waals surface area contributed by atoms with Gasteiger partial charge in [-0.25, -0.2) is 0 Å². The Labute approximate surface area is 68.5 Å². The van der Waals surface area contributed by atoms with E-state index in [9.17, 15) is 0 Å². The molecule has 0 unspecified atom stereocenters. The van der Waals surface area contributed by atoms with Crippen LogP contribution in [0.15, 0.2) is 0 Å². The first-order valence-corrected chi connectivity index (χ1v) is 4.29. The maximum absolute atomic E-state index is 5.50. The average Bonchev–Trinajstić information content (AvgIpc) is 1.97. The predicted octanol–water partition coefficient (Wildman–Crippen LogP) is 0.0543. The molecule has 66 valence electrons. The molecule has 1 saturated heterocycles.